The van der Waals surface area contributed by atoms with E-state index in [1.165, 1.54) is 7.11 Å². The van der Waals surface area contributed by atoms with Gasteiger partial charge in [-0.25, -0.2) is 0 Å². The van der Waals surface area contributed by atoms with E-state index in [2.05, 4.69) is 5.32 Å². The summed E-state index contributed by atoms with van der Waals surface area (Å²) in [7, 11) is 1.52. The van der Waals surface area contributed by atoms with Gasteiger partial charge in [0.1, 0.15) is 0 Å². The van der Waals surface area contributed by atoms with E-state index in [9.17, 15) is 9.59 Å². The number of carboxylic acids is 1. The smallest absolute Gasteiger partial charge is 0.306 e. The lowest BCUT2D eigenvalue weighted by Crippen LogP contribution is -2.46. The SMILES string of the molecule is CCOc1ccc(C(=O)NC2CC(C(=O)O)C2)cc1OC. The molecule has 0 atom stereocenters. The van der Waals surface area contributed by atoms with E-state index in [0.717, 1.165) is 0 Å². The fraction of sp³-hybridized carbons (Fsp3) is 0.467. The molecule has 6 nitrogen and oxygen atoms in total. The lowest BCUT2D eigenvalue weighted by molar-refractivity contribution is -0.145. The topological polar surface area (TPSA) is 84.9 Å². The summed E-state index contributed by atoms with van der Waals surface area (Å²) in [5.41, 5.74) is 0.467. The predicted octanol–water partition coefficient (Wildman–Crippen LogP) is 1.69. The molecule has 2 N–H and O–H groups in total. The zero-order valence-electron chi connectivity index (χ0n) is 12.1. The van der Waals surface area contributed by atoms with Gasteiger partial charge in [-0.3, -0.25) is 9.59 Å². The second-order valence-corrected chi connectivity index (χ2v) is 4.98. The van der Waals surface area contributed by atoms with Crippen molar-refractivity contribution in [1.82, 2.24) is 5.32 Å². The van der Waals surface area contributed by atoms with E-state index in [4.69, 9.17) is 14.6 Å². The van der Waals surface area contributed by atoms with Crippen molar-refractivity contribution in [3.05, 3.63) is 23.8 Å². The van der Waals surface area contributed by atoms with Crippen LogP contribution in [0.4, 0.5) is 0 Å². The van der Waals surface area contributed by atoms with E-state index < -0.39 is 5.97 Å². The molecule has 1 aliphatic carbocycles. The van der Waals surface area contributed by atoms with Crippen LogP contribution < -0.4 is 14.8 Å². The van der Waals surface area contributed by atoms with E-state index in [1.807, 2.05) is 6.92 Å². The Morgan fingerprint density at radius 3 is 2.62 bits per heavy atom. The van der Waals surface area contributed by atoms with Gasteiger partial charge in [-0.2, -0.15) is 0 Å². The molecule has 0 heterocycles. The van der Waals surface area contributed by atoms with Gasteiger partial charge in [-0.05, 0) is 38.0 Å². The minimum Gasteiger partial charge on any atom is -0.493 e. The first-order valence-electron chi connectivity index (χ1n) is 6.89. The Kier molecular flexibility index (Phi) is 4.67. The van der Waals surface area contributed by atoms with Crippen molar-refractivity contribution < 1.29 is 24.2 Å². The molecule has 1 amide bonds. The van der Waals surface area contributed by atoms with Crippen molar-refractivity contribution in [2.45, 2.75) is 25.8 Å². The van der Waals surface area contributed by atoms with Crippen LogP contribution in [0.1, 0.15) is 30.1 Å². The molecule has 1 aromatic carbocycles. The highest BCUT2D eigenvalue weighted by Gasteiger charge is 2.35. The molecule has 0 spiro atoms. The third-order valence-corrected chi connectivity index (χ3v) is 3.55. The van der Waals surface area contributed by atoms with Crippen molar-refractivity contribution in [2.75, 3.05) is 13.7 Å². The second-order valence-electron chi connectivity index (χ2n) is 4.98. The zero-order valence-corrected chi connectivity index (χ0v) is 12.1. The van der Waals surface area contributed by atoms with Crippen LogP contribution in [-0.4, -0.2) is 36.7 Å². The van der Waals surface area contributed by atoms with Gasteiger partial charge in [0.25, 0.3) is 5.91 Å². The molecule has 0 saturated heterocycles. The van der Waals surface area contributed by atoms with E-state index in [1.54, 1.807) is 18.2 Å². The molecule has 0 bridgehead atoms. The van der Waals surface area contributed by atoms with E-state index >= 15 is 0 Å². The third-order valence-electron chi connectivity index (χ3n) is 3.55. The molecule has 0 aromatic heterocycles. The molecule has 1 fully saturated rings. The average molecular weight is 293 g/mol. The second kappa shape index (κ2) is 6.47. The molecule has 6 heteroatoms. The first kappa shape index (κ1) is 15.2. The van der Waals surface area contributed by atoms with E-state index in [0.29, 0.717) is 36.5 Å². The van der Waals surface area contributed by atoms with Gasteiger partial charge in [-0.15, -0.1) is 0 Å². The molecule has 1 saturated carbocycles. The molecular formula is C15H19NO5. The molecule has 21 heavy (non-hydrogen) atoms. The summed E-state index contributed by atoms with van der Waals surface area (Å²) >= 11 is 0. The van der Waals surface area contributed by atoms with Crippen molar-refractivity contribution in [3.8, 4) is 11.5 Å². The largest absolute Gasteiger partial charge is 0.493 e. The molecule has 114 valence electrons. The summed E-state index contributed by atoms with van der Waals surface area (Å²) in [6, 6.07) is 4.90. The summed E-state index contributed by atoms with van der Waals surface area (Å²) in [6.07, 6.45) is 0.963. The Bertz CT molecular complexity index is 537. The number of aliphatic carboxylic acids is 1. The molecule has 2 rings (SSSR count). The van der Waals surface area contributed by atoms with Crippen LogP contribution in [0.25, 0.3) is 0 Å². The Balaban J connectivity index is 1.98. The molecule has 0 radical (unpaired) electrons. The summed E-state index contributed by atoms with van der Waals surface area (Å²) in [6.45, 7) is 2.38. The number of hydrogen-bond donors (Lipinski definition) is 2. The minimum absolute atomic E-state index is 0.0730. The minimum atomic E-state index is -0.803. The number of carbonyl (C=O) groups is 2. The first-order chi connectivity index (χ1) is 10.0. The Morgan fingerprint density at radius 2 is 2.05 bits per heavy atom. The highest BCUT2D eigenvalue weighted by atomic mass is 16.5. The van der Waals surface area contributed by atoms with Crippen LogP contribution in [-0.2, 0) is 4.79 Å². The highest BCUT2D eigenvalue weighted by molar-refractivity contribution is 5.95. The predicted molar refractivity (Wildman–Crippen MR) is 75.8 cm³/mol. The van der Waals surface area contributed by atoms with Gasteiger partial charge in [0.2, 0.25) is 0 Å². The highest BCUT2D eigenvalue weighted by Crippen LogP contribution is 2.30. The van der Waals surface area contributed by atoms with Crippen LogP contribution in [0.5, 0.6) is 11.5 Å². The van der Waals surface area contributed by atoms with Gasteiger partial charge in [-0.1, -0.05) is 0 Å². The van der Waals surface area contributed by atoms with Gasteiger partial charge in [0, 0.05) is 11.6 Å². The number of benzene rings is 1. The standard InChI is InChI=1S/C15H19NO5/c1-3-21-12-5-4-9(8-13(12)20-2)14(17)16-11-6-10(7-11)15(18)19/h4-5,8,10-11H,3,6-7H2,1-2H3,(H,16,17)(H,18,19). The zero-order chi connectivity index (χ0) is 15.4. The lowest BCUT2D eigenvalue weighted by Gasteiger charge is -2.32. The van der Waals surface area contributed by atoms with Gasteiger partial charge in [0.05, 0.1) is 19.6 Å². The Labute approximate surface area is 123 Å². The number of ether oxygens (including phenoxy) is 2. The summed E-state index contributed by atoms with van der Waals surface area (Å²) in [5.74, 6) is -0.286. The maximum absolute atomic E-state index is 12.1. The maximum Gasteiger partial charge on any atom is 0.306 e. The monoisotopic (exact) mass is 293 g/mol. The summed E-state index contributed by atoms with van der Waals surface area (Å²) < 4.78 is 10.6. The fourth-order valence-electron chi connectivity index (χ4n) is 2.29. The van der Waals surface area contributed by atoms with Crippen LogP contribution in [0.15, 0.2) is 18.2 Å². The Hall–Kier alpha value is -2.24. The summed E-state index contributed by atoms with van der Waals surface area (Å²) in [4.78, 5) is 22.8. The molecule has 0 unspecified atom stereocenters. The quantitative estimate of drug-likeness (QED) is 0.833. The van der Waals surface area contributed by atoms with Crippen LogP contribution in [0.2, 0.25) is 0 Å². The molecule has 1 aliphatic rings. The van der Waals surface area contributed by atoms with E-state index in [-0.39, 0.29) is 17.9 Å². The van der Waals surface area contributed by atoms with Gasteiger partial charge >= 0.3 is 5.97 Å². The number of hydrogen-bond acceptors (Lipinski definition) is 4. The molecule has 0 aliphatic heterocycles. The number of carboxylic acid groups (broad SMARTS) is 1. The normalized spacial score (nSPS) is 20.3. The molecule has 1 aromatic rings. The number of carbonyl (C=O) groups excluding carboxylic acids is 1. The van der Waals surface area contributed by atoms with Crippen molar-refractivity contribution >= 4 is 11.9 Å². The van der Waals surface area contributed by atoms with Crippen LogP contribution in [0, 0.1) is 5.92 Å². The number of rotatable bonds is 6. The van der Waals surface area contributed by atoms with Crippen molar-refractivity contribution in [3.63, 3.8) is 0 Å². The lowest BCUT2D eigenvalue weighted by atomic mass is 9.80. The van der Waals surface area contributed by atoms with Crippen molar-refractivity contribution in [2.24, 2.45) is 5.92 Å². The van der Waals surface area contributed by atoms with Crippen molar-refractivity contribution in [1.29, 1.82) is 0 Å². The number of nitrogens with one attached hydrogen (secondary N) is 1. The number of methoxy groups -OCH3 is 1. The molecular weight excluding hydrogens is 274 g/mol. The third kappa shape index (κ3) is 3.45. The number of amides is 1. The summed E-state index contributed by atoms with van der Waals surface area (Å²) in [5, 5.41) is 11.6. The first-order valence-corrected chi connectivity index (χ1v) is 6.89. The maximum atomic E-state index is 12.1. The van der Waals surface area contributed by atoms with Crippen LogP contribution in [0.3, 0.4) is 0 Å². The average Bonchev–Trinajstić information content (AvgIpc) is 2.42. The fourth-order valence-corrected chi connectivity index (χ4v) is 2.29. The Morgan fingerprint density at radius 1 is 1.33 bits per heavy atom. The van der Waals surface area contributed by atoms with Gasteiger partial charge < -0.3 is 19.9 Å². The van der Waals surface area contributed by atoms with Crippen LogP contribution >= 0.6 is 0 Å². The van der Waals surface area contributed by atoms with Gasteiger partial charge in [0.15, 0.2) is 11.5 Å².